The van der Waals surface area contributed by atoms with Crippen molar-refractivity contribution in [3.8, 4) is 0 Å². The molecule has 3 aromatic rings. The zero-order chi connectivity index (χ0) is 19.8. The van der Waals surface area contributed by atoms with Gasteiger partial charge in [0.2, 0.25) is 0 Å². The molecule has 2 aromatic carbocycles. The van der Waals surface area contributed by atoms with Crippen LogP contribution in [0.25, 0.3) is 10.8 Å². The van der Waals surface area contributed by atoms with Crippen LogP contribution < -0.4 is 10.9 Å². The van der Waals surface area contributed by atoms with Gasteiger partial charge in [0.15, 0.2) is 0 Å². The molecule has 0 amide bonds. The van der Waals surface area contributed by atoms with Crippen LogP contribution in [-0.4, -0.2) is 40.9 Å². The first-order valence-corrected chi connectivity index (χ1v) is 9.11. The highest BCUT2D eigenvalue weighted by Crippen LogP contribution is 2.44. The van der Waals surface area contributed by atoms with Gasteiger partial charge in [-0.15, -0.1) is 0 Å². The van der Waals surface area contributed by atoms with Crippen molar-refractivity contribution < 1.29 is 0 Å². The molecule has 2 heterocycles. The summed E-state index contributed by atoms with van der Waals surface area (Å²) < 4.78 is 0. The van der Waals surface area contributed by atoms with E-state index in [0.717, 1.165) is 22.3 Å². The van der Waals surface area contributed by atoms with E-state index in [2.05, 4.69) is 32.6 Å². The molecular formula is C21H22N6O. The molecule has 0 aliphatic carbocycles. The van der Waals surface area contributed by atoms with Crippen molar-refractivity contribution in [3.05, 3.63) is 70.1 Å². The van der Waals surface area contributed by atoms with Gasteiger partial charge in [-0.1, -0.05) is 36.4 Å². The van der Waals surface area contributed by atoms with Crippen LogP contribution in [-0.2, 0) is 0 Å². The van der Waals surface area contributed by atoms with E-state index in [4.69, 9.17) is 5.41 Å². The number of aromatic nitrogens is 2. The fraction of sp³-hybridized carbons (Fsp3) is 0.238. The molecule has 28 heavy (non-hydrogen) atoms. The fourth-order valence-electron chi connectivity index (χ4n) is 3.88. The molecule has 3 N–H and O–H groups in total. The lowest BCUT2D eigenvalue weighted by molar-refractivity contribution is 0.609. The molecule has 0 spiro atoms. The summed E-state index contributed by atoms with van der Waals surface area (Å²) in [5, 5.41) is 20.2. The maximum Gasteiger partial charge on any atom is 0.272 e. The lowest BCUT2D eigenvalue weighted by atomic mass is 9.83. The SMILES string of the molecule is CN=C(C1c2n[nH]c(=O)c3cccc(c23)NC1c1ccccc1)N(C)C(C)=N. The van der Waals surface area contributed by atoms with Crippen molar-refractivity contribution in [1.29, 1.82) is 5.41 Å². The minimum atomic E-state index is -0.271. The maximum atomic E-state index is 12.3. The number of hydrogen-bond acceptors (Lipinski definition) is 5. The summed E-state index contributed by atoms with van der Waals surface area (Å²) in [5.74, 6) is 0.822. The van der Waals surface area contributed by atoms with Gasteiger partial charge in [0.25, 0.3) is 5.56 Å². The number of H-pyrrole nitrogens is 1. The van der Waals surface area contributed by atoms with E-state index in [1.54, 1.807) is 24.9 Å². The summed E-state index contributed by atoms with van der Waals surface area (Å²) in [4.78, 5) is 18.6. The second-order valence-electron chi connectivity index (χ2n) is 6.90. The Morgan fingerprint density at radius 2 is 1.93 bits per heavy atom. The van der Waals surface area contributed by atoms with Gasteiger partial charge in [-0.25, -0.2) is 5.10 Å². The van der Waals surface area contributed by atoms with Gasteiger partial charge < -0.3 is 10.2 Å². The molecule has 1 aliphatic heterocycles. The largest absolute Gasteiger partial charge is 0.377 e. The predicted molar refractivity (Wildman–Crippen MR) is 112 cm³/mol. The number of likely N-dealkylation sites (N-methyl/N-ethyl adjacent to an activating group) is 1. The summed E-state index contributed by atoms with van der Waals surface area (Å²) in [6.07, 6.45) is 0. The number of benzene rings is 2. The average molecular weight is 374 g/mol. The number of aliphatic imine (C=N–C) groups is 1. The van der Waals surface area contributed by atoms with Crippen LogP contribution in [0.3, 0.4) is 0 Å². The zero-order valence-corrected chi connectivity index (χ0v) is 16.0. The normalized spacial score (nSPS) is 18.6. The van der Waals surface area contributed by atoms with Crippen molar-refractivity contribution in [3.63, 3.8) is 0 Å². The molecule has 0 saturated heterocycles. The second kappa shape index (κ2) is 6.92. The third kappa shape index (κ3) is 2.76. The minimum absolute atomic E-state index is 0.141. The molecule has 0 bridgehead atoms. The third-order valence-corrected chi connectivity index (χ3v) is 5.29. The standard InChI is InChI=1S/C21H22N6O/c1-12(22)27(3)20(23-2)17-18(13-8-5-4-6-9-13)24-15-11-7-10-14-16(15)19(17)25-26-21(14)28/h4-11,17-18,22,24H,1-3H3,(H,26,28). The Labute approximate surface area is 162 Å². The molecule has 142 valence electrons. The number of nitrogens with one attached hydrogen (secondary N) is 3. The third-order valence-electron chi connectivity index (χ3n) is 5.29. The first kappa shape index (κ1) is 17.9. The van der Waals surface area contributed by atoms with Gasteiger partial charge in [-0.2, -0.15) is 5.10 Å². The van der Waals surface area contributed by atoms with Gasteiger partial charge in [0.05, 0.1) is 28.9 Å². The van der Waals surface area contributed by atoms with E-state index in [9.17, 15) is 4.79 Å². The highest BCUT2D eigenvalue weighted by atomic mass is 16.1. The van der Waals surface area contributed by atoms with E-state index in [1.807, 2.05) is 37.4 Å². The Balaban J connectivity index is 2.01. The summed E-state index contributed by atoms with van der Waals surface area (Å²) in [7, 11) is 3.55. The molecule has 0 fully saturated rings. The average Bonchev–Trinajstić information content (AvgIpc) is 2.72. The Morgan fingerprint density at radius 1 is 1.18 bits per heavy atom. The Bertz CT molecular complexity index is 1130. The monoisotopic (exact) mass is 374 g/mol. The van der Waals surface area contributed by atoms with Crippen LogP contribution in [0.4, 0.5) is 5.69 Å². The fourth-order valence-corrected chi connectivity index (χ4v) is 3.88. The first-order chi connectivity index (χ1) is 13.5. The van der Waals surface area contributed by atoms with Gasteiger partial charge >= 0.3 is 0 Å². The number of amidine groups is 2. The van der Waals surface area contributed by atoms with Crippen molar-refractivity contribution in [2.45, 2.75) is 18.9 Å². The molecule has 2 atom stereocenters. The molecule has 7 nitrogen and oxygen atoms in total. The van der Waals surface area contributed by atoms with E-state index < -0.39 is 0 Å². The molecule has 1 aliphatic rings. The summed E-state index contributed by atoms with van der Waals surface area (Å²) in [6, 6.07) is 15.6. The number of rotatable bonds is 2. The van der Waals surface area contributed by atoms with E-state index in [0.29, 0.717) is 17.1 Å². The molecule has 7 heteroatoms. The number of nitrogens with zero attached hydrogens (tertiary/aromatic N) is 3. The maximum absolute atomic E-state index is 12.3. The highest BCUT2D eigenvalue weighted by molar-refractivity contribution is 6.06. The van der Waals surface area contributed by atoms with Crippen molar-refractivity contribution in [2.24, 2.45) is 4.99 Å². The summed E-state index contributed by atoms with van der Waals surface area (Å²) in [6.45, 7) is 1.72. The van der Waals surface area contributed by atoms with Gasteiger partial charge in [-0.3, -0.25) is 15.2 Å². The summed E-state index contributed by atoms with van der Waals surface area (Å²) >= 11 is 0. The van der Waals surface area contributed by atoms with Crippen LogP contribution >= 0.6 is 0 Å². The minimum Gasteiger partial charge on any atom is -0.377 e. The van der Waals surface area contributed by atoms with Crippen LogP contribution in [0.15, 0.2) is 58.3 Å². The topological polar surface area (TPSA) is 97.2 Å². The highest BCUT2D eigenvalue weighted by Gasteiger charge is 2.38. The molecular weight excluding hydrogens is 352 g/mol. The number of aromatic amines is 1. The van der Waals surface area contributed by atoms with Gasteiger partial charge in [0.1, 0.15) is 5.84 Å². The second-order valence-corrected chi connectivity index (χ2v) is 6.90. The van der Waals surface area contributed by atoms with Crippen LogP contribution in [0.5, 0.6) is 0 Å². The lowest BCUT2D eigenvalue weighted by Crippen LogP contribution is -2.41. The molecule has 0 radical (unpaired) electrons. The van der Waals surface area contributed by atoms with Crippen molar-refractivity contribution in [1.82, 2.24) is 15.1 Å². The number of hydrogen-bond donors (Lipinski definition) is 3. The predicted octanol–water partition coefficient (Wildman–Crippen LogP) is 3.13. The zero-order valence-electron chi connectivity index (χ0n) is 16.0. The Hall–Kier alpha value is -3.48. The molecule has 2 unspecified atom stereocenters. The Kier molecular flexibility index (Phi) is 4.43. The van der Waals surface area contributed by atoms with Crippen LogP contribution in [0, 0.1) is 5.41 Å². The number of anilines is 1. The first-order valence-electron chi connectivity index (χ1n) is 9.11. The van der Waals surface area contributed by atoms with E-state index in [-0.39, 0.29) is 17.5 Å². The Morgan fingerprint density at radius 3 is 2.61 bits per heavy atom. The molecule has 1 aromatic heterocycles. The lowest BCUT2D eigenvalue weighted by Gasteiger charge is -2.37. The summed E-state index contributed by atoms with van der Waals surface area (Å²) in [5.41, 5.74) is 2.50. The molecule has 0 saturated carbocycles. The van der Waals surface area contributed by atoms with E-state index in [1.165, 1.54) is 0 Å². The van der Waals surface area contributed by atoms with Gasteiger partial charge in [-0.05, 0) is 24.6 Å². The molecule has 4 rings (SSSR count). The van der Waals surface area contributed by atoms with Crippen molar-refractivity contribution in [2.75, 3.05) is 19.4 Å². The van der Waals surface area contributed by atoms with Gasteiger partial charge in [0, 0.05) is 25.2 Å². The smallest absolute Gasteiger partial charge is 0.272 e. The van der Waals surface area contributed by atoms with E-state index >= 15 is 0 Å². The quantitative estimate of drug-likeness (QED) is 0.474. The van der Waals surface area contributed by atoms with Crippen LogP contribution in [0.2, 0.25) is 0 Å². The van der Waals surface area contributed by atoms with Crippen LogP contribution in [0.1, 0.15) is 30.1 Å². The van der Waals surface area contributed by atoms with Crippen molar-refractivity contribution >= 4 is 28.1 Å².